The molecule has 96 valence electrons. The van der Waals surface area contributed by atoms with Crippen molar-refractivity contribution in [3.05, 3.63) is 35.9 Å². The van der Waals surface area contributed by atoms with Crippen LogP contribution >= 0.6 is 0 Å². The Balaban J connectivity index is 2.03. The van der Waals surface area contributed by atoms with Gasteiger partial charge in [0, 0.05) is 33.0 Å². The van der Waals surface area contributed by atoms with E-state index in [1.807, 2.05) is 18.2 Å². The van der Waals surface area contributed by atoms with Gasteiger partial charge < -0.3 is 15.2 Å². The minimum atomic E-state index is 0.124. The highest BCUT2D eigenvalue weighted by molar-refractivity contribution is 5.18. The molecule has 0 radical (unpaired) electrons. The van der Waals surface area contributed by atoms with Crippen LogP contribution in [0.4, 0.5) is 0 Å². The molecule has 0 spiro atoms. The molecule has 1 aromatic carbocycles. The lowest BCUT2D eigenvalue weighted by atomic mass is 10.0. The standard InChI is InChI=1S/C14H23NO2/c1-16-10-6-12-17-11-5-9-14(15)13-7-3-2-4-8-13/h2-4,7-8,14H,5-6,9-12,15H2,1H3. The zero-order valence-electron chi connectivity index (χ0n) is 10.6. The number of hydrogen-bond donors (Lipinski definition) is 1. The molecule has 2 N–H and O–H groups in total. The molecule has 0 saturated carbocycles. The highest BCUT2D eigenvalue weighted by atomic mass is 16.5. The van der Waals surface area contributed by atoms with E-state index in [0.29, 0.717) is 0 Å². The van der Waals surface area contributed by atoms with Crippen molar-refractivity contribution < 1.29 is 9.47 Å². The SMILES string of the molecule is COCCCOCCCC(N)c1ccccc1. The molecule has 1 rings (SSSR count). The molecule has 0 aromatic heterocycles. The minimum Gasteiger partial charge on any atom is -0.385 e. The predicted octanol–water partition coefficient (Wildman–Crippen LogP) is 2.52. The molecule has 0 heterocycles. The molecule has 3 heteroatoms. The van der Waals surface area contributed by atoms with Crippen molar-refractivity contribution in [2.45, 2.75) is 25.3 Å². The maximum absolute atomic E-state index is 6.08. The summed E-state index contributed by atoms with van der Waals surface area (Å²) >= 11 is 0. The van der Waals surface area contributed by atoms with Crippen LogP contribution in [-0.4, -0.2) is 26.9 Å². The minimum absolute atomic E-state index is 0.124. The molecule has 0 amide bonds. The number of ether oxygens (including phenoxy) is 2. The van der Waals surface area contributed by atoms with Gasteiger partial charge in [-0.15, -0.1) is 0 Å². The Bertz CT molecular complexity index is 277. The molecule has 0 aliphatic heterocycles. The fraction of sp³-hybridized carbons (Fsp3) is 0.571. The predicted molar refractivity (Wildman–Crippen MR) is 69.9 cm³/mol. The van der Waals surface area contributed by atoms with Crippen molar-refractivity contribution in [3.63, 3.8) is 0 Å². The summed E-state index contributed by atoms with van der Waals surface area (Å²) in [5.41, 5.74) is 7.28. The van der Waals surface area contributed by atoms with Gasteiger partial charge in [0.2, 0.25) is 0 Å². The number of benzene rings is 1. The van der Waals surface area contributed by atoms with Crippen LogP contribution in [0.15, 0.2) is 30.3 Å². The molecule has 1 atom stereocenters. The van der Waals surface area contributed by atoms with Crippen LogP contribution in [0.2, 0.25) is 0 Å². The summed E-state index contributed by atoms with van der Waals surface area (Å²) in [6, 6.07) is 10.3. The lowest BCUT2D eigenvalue weighted by Gasteiger charge is -2.11. The first-order chi connectivity index (χ1) is 8.34. The van der Waals surface area contributed by atoms with E-state index in [2.05, 4.69) is 12.1 Å². The third-order valence-corrected chi connectivity index (χ3v) is 2.67. The molecule has 0 aliphatic rings. The maximum atomic E-state index is 6.08. The Labute approximate surface area is 104 Å². The number of rotatable bonds is 9. The van der Waals surface area contributed by atoms with Crippen LogP contribution < -0.4 is 5.73 Å². The molecule has 1 aromatic rings. The van der Waals surface area contributed by atoms with Gasteiger partial charge in [-0.05, 0) is 24.8 Å². The van der Waals surface area contributed by atoms with Crippen molar-refractivity contribution in [1.82, 2.24) is 0 Å². The van der Waals surface area contributed by atoms with Crippen molar-refractivity contribution in [2.24, 2.45) is 5.73 Å². The smallest absolute Gasteiger partial charge is 0.0487 e. The summed E-state index contributed by atoms with van der Waals surface area (Å²) < 4.78 is 10.4. The monoisotopic (exact) mass is 237 g/mol. The van der Waals surface area contributed by atoms with Gasteiger partial charge in [-0.25, -0.2) is 0 Å². The van der Waals surface area contributed by atoms with E-state index in [1.54, 1.807) is 7.11 Å². The van der Waals surface area contributed by atoms with Crippen molar-refractivity contribution in [3.8, 4) is 0 Å². The van der Waals surface area contributed by atoms with Crippen LogP contribution in [0.1, 0.15) is 30.9 Å². The molecule has 1 unspecified atom stereocenters. The molecule has 0 fully saturated rings. The van der Waals surface area contributed by atoms with Gasteiger partial charge in [-0.1, -0.05) is 30.3 Å². The van der Waals surface area contributed by atoms with E-state index in [0.717, 1.165) is 39.1 Å². The largest absolute Gasteiger partial charge is 0.385 e. The second kappa shape index (κ2) is 9.16. The van der Waals surface area contributed by atoms with Gasteiger partial charge in [0.1, 0.15) is 0 Å². The molecule has 0 aliphatic carbocycles. The zero-order valence-corrected chi connectivity index (χ0v) is 10.6. The Morgan fingerprint density at radius 2 is 1.76 bits per heavy atom. The fourth-order valence-corrected chi connectivity index (χ4v) is 1.68. The van der Waals surface area contributed by atoms with E-state index in [4.69, 9.17) is 15.2 Å². The van der Waals surface area contributed by atoms with Gasteiger partial charge in [-0.2, -0.15) is 0 Å². The van der Waals surface area contributed by atoms with Crippen molar-refractivity contribution >= 4 is 0 Å². The van der Waals surface area contributed by atoms with Gasteiger partial charge in [0.25, 0.3) is 0 Å². The van der Waals surface area contributed by atoms with E-state index < -0.39 is 0 Å². The lowest BCUT2D eigenvalue weighted by Crippen LogP contribution is -2.11. The Hall–Kier alpha value is -0.900. The molecule has 17 heavy (non-hydrogen) atoms. The third kappa shape index (κ3) is 6.41. The van der Waals surface area contributed by atoms with E-state index in [9.17, 15) is 0 Å². The van der Waals surface area contributed by atoms with Crippen molar-refractivity contribution in [2.75, 3.05) is 26.9 Å². The molecule has 0 saturated heterocycles. The summed E-state index contributed by atoms with van der Waals surface area (Å²) in [5.74, 6) is 0. The second-order valence-electron chi connectivity index (χ2n) is 4.12. The van der Waals surface area contributed by atoms with E-state index in [1.165, 1.54) is 5.56 Å². The van der Waals surface area contributed by atoms with Gasteiger partial charge in [0.15, 0.2) is 0 Å². The second-order valence-corrected chi connectivity index (χ2v) is 4.12. The Morgan fingerprint density at radius 1 is 1.06 bits per heavy atom. The normalized spacial score (nSPS) is 12.6. The van der Waals surface area contributed by atoms with Crippen LogP contribution in [-0.2, 0) is 9.47 Å². The highest BCUT2D eigenvalue weighted by Gasteiger charge is 2.04. The average molecular weight is 237 g/mol. The van der Waals surface area contributed by atoms with Crippen LogP contribution in [0.25, 0.3) is 0 Å². The Kier molecular flexibility index (Phi) is 7.63. The number of hydrogen-bond acceptors (Lipinski definition) is 3. The van der Waals surface area contributed by atoms with E-state index in [-0.39, 0.29) is 6.04 Å². The summed E-state index contributed by atoms with van der Waals surface area (Å²) in [6.07, 6.45) is 2.93. The number of methoxy groups -OCH3 is 1. The zero-order chi connectivity index (χ0) is 12.3. The van der Waals surface area contributed by atoms with Crippen molar-refractivity contribution in [1.29, 1.82) is 0 Å². The van der Waals surface area contributed by atoms with Crippen LogP contribution in [0.5, 0.6) is 0 Å². The van der Waals surface area contributed by atoms with Gasteiger partial charge in [-0.3, -0.25) is 0 Å². The summed E-state index contributed by atoms with van der Waals surface area (Å²) in [7, 11) is 1.71. The summed E-state index contributed by atoms with van der Waals surface area (Å²) in [6.45, 7) is 2.32. The molecular weight excluding hydrogens is 214 g/mol. The first kappa shape index (κ1) is 14.2. The van der Waals surface area contributed by atoms with Gasteiger partial charge in [0.05, 0.1) is 0 Å². The highest BCUT2D eigenvalue weighted by Crippen LogP contribution is 2.14. The van der Waals surface area contributed by atoms with E-state index >= 15 is 0 Å². The average Bonchev–Trinajstić information content (AvgIpc) is 2.38. The number of nitrogens with two attached hydrogens (primary N) is 1. The topological polar surface area (TPSA) is 44.5 Å². The summed E-state index contributed by atoms with van der Waals surface area (Å²) in [4.78, 5) is 0. The van der Waals surface area contributed by atoms with Crippen LogP contribution in [0.3, 0.4) is 0 Å². The first-order valence-electron chi connectivity index (χ1n) is 6.22. The van der Waals surface area contributed by atoms with Gasteiger partial charge >= 0.3 is 0 Å². The Morgan fingerprint density at radius 3 is 2.47 bits per heavy atom. The van der Waals surface area contributed by atoms with Crippen LogP contribution in [0, 0.1) is 0 Å². The quantitative estimate of drug-likeness (QED) is 0.671. The molecule has 0 bridgehead atoms. The molecular formula is C14H23NO2. The fourth-order valence-electron chi connectivity index (χ4n) is 1.68. The summed E-state index contributed by atoms with van der Waals surface area (Å²) in [5, 5.41) is 0. The lowest BCUT2D eigenvalue weighted by molar-refractivity contribution is 0.0996. The first-order valence-corrected chi connectivity index (χ1v) is 6.22. The molecule has 3 nitrogen and oxygen atoms in total. The maximum Gasteiger partial charge on any atom is 0.0487 e. The third-order valence-electron chi connectivity index (χ3n) is 2.67.